The van der Waals surface area contributed by atoms with Crippen LogP contribution in [0.15, 0.2) is 30.3 Å². The van der Waals surface area contributed by atoms with Crippen LogP contribution in [-0.4, -0.2) is 54.1 Å². The number of carbonyl (C=O) groups is 2. The van der Waals surface area contributed by atoms with Crippen molar-refractivity contribution in [2.75, 3.05) is 26.3 Å². The Balaban J connectivity index is 1.89. The molecule has 1 saturated heterocycles. The number of carbonyl (C=O) groups excluding carboxylic acids is 1. The molecule has 1 heterocycles. The molecule has 2 rings (SSSR count). The van der Waals surface area contributed by atoms with Gasteiger partial charge in [0.15, 0.2) is 0 Å². The summed E-state index contributed by atoms with van der Waals surface area (Å²) in [6.07, 6.45) is 0.580. The number of morpholine rings is 1. The Hall–Kier alpha value is -2.15. The minimum Gasteiger partial charge on any atom is -0.477 e. The molecule has 1 aromatic carbocycles. The summed E-state index contributed by atoms with van der Waals surface area (Å²) >= 11 is 0. The van der Waals surface area contributed by atoms with E-state index in [9.17, 15) is 14.0 Å². The van der Waals surface area contributed by atoms with Gasteiger partial charge in [-0.05, 0) is 18.4 Å². The molecule has 1 fully saturated rings. The average Bonchev–Trinajstić information content (AvgIpc) is 2.56. The van der Waals surface area contributed by atoms with Crippen LogP contribution in [0.4, 0.5) is 9.18 Å². The van der Waals surface area contributed by atoms with Crippen molar-refractivity contribution in [3.05, 3.63) is 35.9 Å². The number of aryl methyl sites for hydroxylation is 1. The Morgan fingerprint density at radius 1 is 1.26 bits per heavy atom. The normalized spacial score (nSPS) is 17.3. The summed E-state index contributed by atoms with van der Waals surface area (Å²) in [7, 11) is 0. The number of hydrogen-bond acceptors (Lipinski definition) is 3. The molecule has 0 spiro atoms. The number of aliphatic carboxylic acids is 1. The first-order valence-corrected chi connectivity index (χ1v) is 7.62. The van der Waals surface area contributed by atoms with Gasteiger partial charge in [0.25, 0.3) is 5.79 Å². The fourth-order valence-corrected chi connectivity index (χ4v) is 2.42. The van der Waals surface area contributed by atoms with Gasteiger partial charge >= 0.3 is 12.0 Å². The van der Waals surface area contributed by atoms with Crippen LogP contribution in [0.1, 0.15) is 18.4 Å². The molecular formula is C16H21FN2O4. The first-order valence-electron chi connectivity index (χ1n) is 7.62. The lowest BCUT2D eigenvalue weighted by molar-refractivity contribution is -0.153. The molecule has 7 heteroatoms. The third-order valence-electron chi connectivity index (χ3n) is 3.77. The summed E-state index contributed by atoms with van der Waals surface area (Å²) < 4.78 is 19.7. The summed E-state index contributed by atoms with van der Waals surface area (Å²) in [4.78, 5) is 24.6. The second-order valence-corrected chi connectivity index (χ2v) is 5.48. The maximum absolute atomic E-state index is 14.6. The van der Waals surface area contributed by atoms with Crippen LogP contribution in [-0.2, 0) is 16.0 Å². The van der Waals surface area contributed by atoms with Crippen molar-refractivity contribution in [3.8, 4) is 0 Å². The standard InChI is InChI=1S/C16H21FN2O4/c17-16(14(20)21,8-4-7-13-5-2-1-3-6-13)18-15(22)19-9-11-23-12-10-19/h1-3,5-6H,4,7-12H2,(H,18,22)(H,20,21). The van der Waals surface area contributed by atoms with Crippen LogP contribution in [0.3, 0.4) is 0 Å². The summed E-state index contributed by atoms with van der Waals surface area (Å²) in [6, 6.07) is 8.70. The molecule has 6 nitrogen and oxygen atoms in total. The predicted octanol–water partition coefficient (Wildman–Crippen LogP) is 1.80. The minimum absolute atomic E-state index is 0.284. The van der Waals surface area contributed by atoms with E-state index < -0.39 is 17.8 Å². The van der Waals surface area contributed by atoms with E-state index >= 15 is 0 Å². The Bertz CT molecular complexity index is 534. The highest BCUT2D eigenvalue weighted by Crippen LogP contribution is 2.18. The van der Waals surface area contributed by atoms with E-state index in [0.29, 0.717) is 39.1 Å². The van der Waals surface area contributed by atoms with E-state index in [4.69, 9.17) is 9.84 Å². The number of benzene rings is 1. The van der Waals surface area contributed by atoms with E-state index in [1.54, 1.807) is 0 Å². The number of halogens is 1. The van der Waals surface area contributed by atoms with E-state index in [-0.39, 0.29) is 6.42 Å². The van der Waals surface area contributed by atoms with Gasteiger partial charge in [-0.3, -0.25) is 5.32 Å². The molecule has 0 radical (unpaired) electrons. The SMILES string of the molecule is O=C(NC(F)(CCCc1ccccc1)C(=O)O)N1CCOCC1. The van der Waals surface area contributed by atoms with Crippen molar-refractivity contribution in [2.45, 2.75) is 25.1 Å². The van der Waals surface area contributed by atoms with Crippen LogP contribution < -0.4 is 5.32 Å². The second kappa shape index (κ2) is 7.92. The van der Waals surface area contributed by atoms with Crippen LogP contribution in [0.2, 0.25) is 0 Å². The minimum atomic E-state index is -2.76. The fourth-order valence-electron chi connectivity index (χ4n) is 2.42. The quantitative estimate of drug-likeness (QED) is 0.782. The lowest BCUT2D eigenvalue weighted by Crippen LogP contribution is -2.56. The number of carboxylic acid groups (broad SMARTS) is 1. The highest BCUT2D eigenvalue weighted by Gasteiger charge is 2.41. The Morgan fingerprint density at radius 3 is 2.52 bits per heavy atom. The van der Waals surface area contributed by atoms with Crippen molar-refractivity contribution in [1.29, 1.82) is 0 Å². The number of urea groups is 1. The number of nitrogens with one attached hydrogen (secondary N) is 1. The van der Waals surface area contributed by atoms with Gasteiger partial charge in [0, 0.05) is 19.5 Å². The fraction of sp³-hybridized carbons (Fsp3) is 0.500. The van der Waals surface area contributed by atoms with Gasteiger partial charge in [0.2, 0.25) is 0 Å². The van der Waals surface area contributed by atoms with E-state index in [1.165, 1.54) is 4.90 Å². The zero-order valence-electron chi connectivity index (χ0n) is 12.8. The topological polar surface area (TPSA) is 78.9 Å². The van der Waals surface area contributed by atoms with Crippen molar-refractivity contribution < 1.29 is 23.8 Å². The highest BCUT2D eigenvalue weighted by molar-refractivity contribution is 5.84. The van der Waals surface area contributed by atoms with Gasteiger partial charge in [0.05, 0.1) is 13.2 Å². The van der Waals surface area contributed by atoms with Gasteiger partial charge < -0.3 is 14.7 Å². The molecule has 0 aliphatic carbocycles. The van der Waals surface area contributed by atoms with Crippen molar-refractivity contribution in [2.24, 2.45) is 0 Å². The molecule has 1 aliphatic heterocycles. The number of rotatable bonds is 6. The maximum atomic E-state index is 14.6. The van der Waals surface area contributed by atoms with Crippen LogP contribution in [0.5, 0.6) is 0 Å². The van der Waals surface area contributed by atoms with Crippen molar-refractivity contribution in [3.63, 3.8) is 0 Å². The van der Waals surface area contributed by atoms with Gasteiger partial charge in [-0.2, -0.15) is 0 Å². The third kappa shape index (κ3) is 4.92. The van der Waals surface area contributed by atoms with E-state index in [2.05, 4.69) is 0 Å². The van der Waals surface area contributed by atoms with Gasteiger partial charge in [-0.25, -0.2) is 14.0 Å². The van der Waals surface area contributed by atoms with Crippen LogP contribution >= 0.6 is 0 Å². The monoisotopic (exact) mass is 324 g/mol. The number of ether oxygens (including phenoxy) is 1. The van der Waals surface area contributed by atoms with E-state index in [0.717, 1.165) is 5.56 Å². The van der Waals surface area contributed by atoms with Gasteiger partial charge in [-0.1, -0.05) is 30.3 Å². The van der Waals surface area contributed by atoms with Crippen molar-refractivity contribution >= 4 is 12.0 Å². The molecule has 2 amide bonds. The van der Waals surface area contributed by atoms with Gasteiger partial charge in [-0.15, -0.1) is 0 Å². The molecule has 1 aliphatic rings. The molecule has 1 atom stereocenters. The molecule has 2 N–H and O–H groups in total. The maximum Gasteiger partial charge on any atom is 0.362 e. The highest BCUT2D eigenvalue weighted by atomic mass is 19.1. The van der Waals surface area contributed by atoms with Crippen LogP contribution in [0.25, 0.3) is 0 Å². The average molecular weight is 324 g/mol. The molecule has 0 aromatic heterocycles. The zero-order valence-corrected chi connectivity index (χ0v) is 12.8. The van der Waals surface area contributed by atoms with Crippen LogP contribution in [0, 0.1) is 0 Å². The number of nitrogens with zero attached hydrogens (tertiary/aromatic N) is 1. The van der Waals surface area contributed by atoms with E-state index in [1.807, 2.05) is 35.6 Å². The molecule has 0 saturated carbocycles. The van der Waals surface area contributed by atoms with Gasteiger partial charge in [0.1, 0.15) is 0 Å². The zero-order chi connectivity index (χ0) is 16.7. The number of hydrogen-bond donors (Lipinski definition) is 2. The lowest BCUT2D eigenvalue weighted by Gasteiger charge is -2.30. The molecular weight excluding hydrogens is 303 g/mol. The first-order chi connectivity index (χ1) is 11.0. The predicted molar refractivity (Wildman–Crippen MR) is 81.8 cm³/mol. The summed E-state index contributed by atoms with van der Waals surface area (Å²) in [6.45, 7) is 1.39. The Morgan fingerprint density at radius 2 is 1.91 bits per heavy atom. The summed E-state index contributed by atoms with van der Waals surface area (Å²) in [5.74, 6) is -4.43. The first kappa shape index (κ1) is 17.2. The summed E-state index contributed by atoms with van der Waals surface area (Å²) in [5, 5.41) is 11.2. The molecule has 126 valence electrons. The third-order valence-corrected chi connectivity index (χ3v) is 3.77. The number of carboxylic acids is 1. The lowest BCUT2D eigenvalue weighted by atomic mass is 10.0. The second-order valence-electron chi connectivity index (χ2n) is 5.48. The smallest absolute Gasteiger partial charge is 0.362 e. The Labute approximate surface area is 134 Å². The summed E-state index contributed by atoms with van der Waals surface area (Å²) in [5.41, 5.74) is 1.000. The number of alkyl halides is 1. The Kier molecular flexibility index (Phi) is 5.92. The molecule has 1 aromatic rings. The molecule has 1 unspecified atom stereocenters. The number of amides is 2. The molecule has 23 heavy (non-hydrogen) atoms. The van der Waals surface area contributed by atoms with Crippen molar-refractivity contribution in [1.82, 2.24) is 10.2 Å². The largest absolute Gasteiger partial charge is 0.477 e. The molecule has 0 bridgehead atoms.